The number of nitrogen functional groups attached to an aromatic ring is 1. The zero-order chi connectivity index (χ0) is 47.5. The molecule has 8 rings (SSSR count). The second-order valence-electron chi connectivity index (χ2n) is 18.6. The molecule has 3 fully saturated rings. The van der Waals surface area contributed by atoms with Gasteiger partial charge in [0, 0.05) is 63.4 Å². The number of piperazine rings is 1. The number of aliphatic hydroxyl groups excluding tert-OH is 1. The van der Waals surface area contributed by atoms with E-state index in [0.29, 0.717) is 34.1 Å². The van der Waals surface area contributed by atoms with E-state index in [9.17, 15) is 29.0 Å². The van der Waals surface area contributed by atoms with Crippen molar-refractivity contribution >= 4 is 40.6 Å². The zero-order valence-electron chi connectivity index (χ0n) is 38.2. The molecule has 2 saturated heterocycles. The van der Waals surface area contributed by atoms with Crippen LogP contribution in [0.3, 0.4) is 0 Å². The number of halogens is 1. The topological polar surface area (TPSA) is 209 Å². The Morgan fingerprint density at radius 1 is 0.985 bits per heavy atom. The maximum Gasteiger partial charge on any atom is 0.258 e. The minimum absolute atomic E-state index is 0.0170. The summed E-state index contributed by atoms with van der Waals surface area (Å²) in [6.45, 7) is 11.6. The smallest absolute Gasteiger partial charge is 0.258 e. The summed E-state index contributed by atoms with van der Waals surface area (Å²) in [5.74, 6) is -0.123. The Kier molecular flexibility index (Phi) is 14.0. The molecule has 354 valence electrons. The first-order chi connectivity index (χ1) is 32.1. The number of β-amino-alcohol motifs (C(OH)–C–C–N with tert-alkyl or cyclic N) is 1. The summed E-state index contributed by atoms with van der Waals surface area (Å²) >= 11 is 1.51. The molecule has 1 aliphatic carbocycles. The SMILES string of the molecule is Cc1ncsc1-c1ccc(CNC(=O)[C@@H]2C[C@H](O)CN2C(=O)[C@@H](NC(=O)C2(F)CC2)C(C)(C)C)c(OCCOc2ccc(CN3CCN(c4cc(-c5ccccc5O)nnc4N)CC3)cc2)c1. The fraction of sp³-hybridized carbons (Fsp3) is 0.429. The largest absolute Gasteiger partial charge is 0.507 e. The lowest BCUT2D eigenvalue weighted by Crippen LogP contribution is -2.59. The highest BCUT2D eigenvalue weighted by Crippen LogP contribution is 2.41. The Morgan fingerprint density at radius 2 is 1.72 bits per heavy atom. The molecule has 4 heterocycles. The van der Waals surface area contributed by atoms with Crippen molar-refractivity contribution in [2.45, 2.75) is 83.9 Å². The lowest BCUT2D eigenvalue weighted by Gasteiger charge is -2.36. The molecule has 5 aromatic rings. The molecule has 2 aromatic heterocycles. The number of aromatic hydroxyl groups is 1. The Morgan fingerprint density at radius 3 is 2.40 bits per heavy atom. The number of carbonyl (C=O) groups excluding carboxylic acids is 3. The standard InChI is InChI=1S/C49H58FN9O7S/c1-30-42(67-29-53-30)32-11-12-33(26-52-45(62)39-24-34(60)28-59(39)46(63)43(48(2,3)4)54-47(64)49(50)15-16-49)41(23-32)66-22-21-65-35-13-9-31(10-14-35)27-57-17-19-58(20-18-57)38-25-37(55-56-44(38)51)36-7-5-6-8-40(36)61/h5-14,23,25,29,34,39,43,60-61H,15-22,24,26-28H2,1-4H3,(H2,51,56)(H,52,62)(H,54,64)/t34-,39-,43+/m0/s1. The predicted octanol–water partition coefficient (Wildman–Crippen LogP) is 5.25. The van der Waals surface area contributed by atoms with Crippen LogP contribution in [0.4, 0.5) is 15.9 Å². The number of anilines is 2. The normalized spacial score (nSPS) is 18.6. The molecule has 3 aliphatic rings. The number of thiazole rings is 1. The van der Waals surface area contributed by atoms with Crippen LogP contribution in [-0.2, 0) is 27.5 Å². The summed E-state index contributed by atoms with van der Waals surface area (Å²) in [5.41, 5.74) is 10.9. The van der Waals surface area contributed by atoms with Crippen molar-refractivity contribution in [2.75, 3.05) is 56.6 Å². The van der Waals surface area contributed by atoms with Crippen LogP contribution in [0, 0.1) is 12.3 Å². The van der Waals surface area contributed by atoms with Gasteiger partial charge in [0.1, 0.15) is 42.5 Å². The zero-order valence-corrected chi connectivity index (χ0v) is 39.0. The summed E-state index contributed by atoms with van der Waals surface area (Å²) in [4.78, 5) is 51.7. The van der Waals surface area contributed by atoms with Gasteiger partial charge in [0.05, 0.1) is 33.6 Å². The van der Waals surface area contributed by atoms with E-state index in [0.717, 1.165) is 60.1 Å². The number of aliphatic hydroxyl groups is 1. The average molecular weight is 936 g/mol. The molecule has 3 atom stereocenters. The summed E-state index contributed by atoms with van der Waals surface area (Å²) in [7, 11) is 0. The van der Waals surface area contributed by atoms with Crippen LogP contribution in [0.5, 0.6) is 17.2 Å². The molecular weight excluding hydrogens is 878 g/mol. The van der Waals surface area contributed by atoms with Crippen LogP contribution in [0.15, 0.2) is 78.3 Å². The molecule has 2 aliphatic heterocycles. The van der Waals surface area contributed by atoms with Gasteiger partial charge in [-0.05, 0) is 72.7 Å². The van der Waals surface area contributed by atoms with E-state index in [4.69, 9.17) is 15.2 Å². The van der Waals surface area contributed by atoms with Gasteiger partial charge in [-0.1, -0.05) is 57.2 Å². The lowest BCUT2D eigenvalue weighted by molar-refractivity contribution is -0.145. The number of nitrogens with one attached hydrogen (secondary N) is 2. The highest BCUT2D eigenvalue weighted by Gasteiger charge is 2.53. The fourth-order valence-corrected chi connectivity index (χ4v) is 9.25. The Balaban J connectivity index is 0.848. The molecule has 1 saturated carbocycles. The number of para-hydroxylation sites is 1. The van der Waals surface area contributed by atoms with Crippen molar-refractivity contribution in [3.63, 3.8) is 0 Å². The second-order valence-corrected chi connectivity index (χ2v) is 19.4. The summed E-state index contributed by atoms with van der Waals surface area (Å²) in [5, 5.41) is 34.9. The third-order valence-electron chi connectivity index (χ3n) is 12.5. The van der Waals surface area contributed by atoms with Gasteiger partial charge in [-0.2, -0.15) is 0 Å². The molecule has 3 amide bonds. The van der Waals surface area contributed by atoms with Gasteiger partial charge in [0.15, 0.2) is 11.5 Å². The molecule has 0 radical (unpaired) electrons. The van der Waals surface area contributed by atoms with Gasteiger partial charge in [-0.25, -0.2) is 9.37 Å². The number of amides is 3. The van der Waals surface area contributed by atoms with Gasteiger partial charge in [0.2, 0.25) is 11.8 Å². The highest BCUT2D eigenvalue weighted by atomic mass is 32.1. The number of rotatable bonds is 16. The molecule has 3 aromatic carbocycles. The number of carbonyl (C=O) groups is 3. The van der Waals surface area contributed by atoms with E-state index in [1.54, 1.807) is 44.5 Å². The van der Waals surface area contributed by atoms with E-state index in [1.807, 2.05) is 49.4 Å². The van der Waals surface area contributed by atoms with Crippen molar-refractivity contribution in [1.29, 1.82) is 0 Å². The van der Waals surface area contributed by atoms with Crippen molar-refractivity contribution in [3.05, 3.63) is 95.1 Å². The van der Waals surface area contributed by atoms with E-state index in [1.165, 1.54) is 16.2 Å². The number of hydrogen-bond acceptors (Lipinski definition) is 14. The number of phenols is 1. The van der Waals surface area contributed by atoms with Crippen molar-refractivity contribution < 1.29 is 38.5 Å². The average Bonchev–Trinajstić information content (AvgIpc) is 3.72. The minimum Gasteiger partial charge on any atom is -0.507 e. The maximum absolute atomic E-state index is 14.6. The molecular formula is C49H58FN9O7S. The quantitative estimate of drug-likeness (QED) is 0.0802. The number of likely N-dealkylation sites (tertiary alicyclic amines) is 1. The Labute approximate surface area is 393 Å². The number of alkyl halides is 1. The predicted molar refractivity (Wildman–Crippen MR) is 253 cm³/mol. The third kappa shape index (κ3) is 11.1. The number of aromatic nitrogens is 3. The van der Waals surface area contributed by atoms with Crippen LogP contribution < -0.4 is 30.7 Å². The minimum atomic E-state index is -1.98. The molecule has 16 nitrogen and oxygen atoms in total. The first kappa shape index (κ1) is 47.1. The van der Waals surface area contributed by atoms with Crippen molar-refractivity contribution in [2.24, 2.45) is 5.41 Å². The number of phenolic OH excluding ortho intramolecular Hbond substituents is 1. The molecule has 0 spiro atoms. The first-order valence-corrected chi connectivity index (χ1v) is 23.5. The molecule has 0 bridgehead atoms. The van der Waals surface area contributed by atoms with Crippen LogP contribution in [0.2, 0.25) is 0 Å². The van der Waals surface area contributed by atoms with Crippen LogP contribution in [-0.4, -0.2) is 123 Å². The maximum atomic E-state index is 14.6. The molecule has 0 unspecified atom stereocenters. The Bertz CT molecular complexity index is 2580. The van der Waals surface area contributed by atoms with Crippen LogP contribution in [0.25, 0.3) is 21.7 Å². The monoisotopic (exact) mass is 935 g/mol. The summed E-state index contributed by atoms with van der Waals surface area (Å²) in [6, 6.07) is 20.6. The van der Waals surface area contributed by atoms with Crippen LogP contribution in [0.1, 0.15) is 56.9 Å². The van der Waals surface area contributed by atoms with Gasteiger partial charge < -0.3 is 45.9 Å². The molecule has 67 heavy (non-hydrogen) atoms. The Hall–Kier alpha value is -6.37. The number of nitrogens with zero attached hydrogens (tertiary/aromatic N) is 6. The fourth-order valence-electron chi connectivity index (χ4n) is 8.45. The molecule has 18 heteroatoms. The van der Waals surface area contributed by atoms with E-state index >= 15 is 0 Å². The summed E-state index contributed by atoms with van der Waals surface area (Å²) < 4.78 is 27.0. The van der Waals surface area contributed by atoms with Gasteiger partial charge in [-0.15, -0.1) is 21.5 Å². The number of benzene rings is 3. The van der Waals surface area contributed by atoms with E-state index in [2.05, 4.69) is 47.7 Å². The number of ether oxygens (including phenoxy) is 2. The summed E-state index contributed by atoms with van der Waals surface area (Å²) in [6.07, 6.45) is -0.724. The van der Waals surface area contributed by atoms with Crippen molar-refractivity contribution in [3.8, 4) is 38.9 Å². The van der Waals surface area contributed by atoms with Gasteiger partial charge >= 0.3 is 0 Å². The number of hydrogen-bond donors (Lipinski definition) is 5. The highest BCUT2D eigenvalue weighted by molar-refractivity contribution is 7.13. The molecule has 6 N–H and O–H groups in total. The first-order valence-electron chi connectivity index (χ1n) is 22.6. The second kappa shape index (κ2) is 19.8. The lowest BCUT2D eigenvalue weighted by atomic mass is 9.85. The van der Waals surface area contributed by atoms with Gasteiger partial charge in [0.25, 0.3) is 5.91 Å². The third-order valence-corrected chi connectivity index (χ3v) is 13.5. The van der Waals surface area contributed by atoms with Gasteiger partial charge in [-0.3, -0.25) is 19.3 Å². The van der Waals surface area contributed by atoms with E-state index < -0.39 is 47.0 Å². The van der Waals surface area contributed by atoms with Crippen LogP contribution >= 0.6 is 11.3 Å². The van der Waals surface area contributed by atoms with E-state index in [-0.39, 0.29) is 51.3 Å². The number of aryl methyl sites for hydroxylation is 1. The van der Waals surface area contributed by atoms with Crippen molar-refractivity contribution in [1.82, 2.24) is 35.6 Å². The number of nitrogens with two attached hydrogens (primary N) is 1.